The number of aliphatic hydroxyl groups is 1. The fraction of sp³-hybridized carbons (Fsp3) is 0.538. The quantitative estimate of drug-likeness (QED) is 0.868. The third-order valence-electron chi connectivity index (χ3n) is 3.33. The average molecular weight is 240 g/mol. The molecule has 1 aromatic rings. The van der Waals surface area contributed by atoms with Crippen LogP contribution in [0.15, 0.2) is 24.3 Å². The van der Waals surface area contributed by atoms with E-state index < -0.39 is 0 Å². The lowest BCUT2D eigenvalue weighted by Crippen LogP contribution is -2.27. The fourth-order valence-corrected chi connectivity index (χ4v) is 2.41. The maximum atomic E-state index is 13.7. The van der Waals surface area contributed by atoms with Crippen LogP contribution >= 0.6 is 0 Å². The minimum absolute atomic E-state index is 0.0208. The molecule has 94 valence electrons. The van der Waals surface area contributed by atoms with Crippen molar-refractivity contribution in [1.29, 1.82) is 0 Å². The van der Waals surface area contributed by atoms with Crippen LogP contribution in [0.25, 0.3) is 0 Å². The maximum Gasteiger partial charge on any atom is 0.126 e. The molecule has 17 heavy (non-hydrogen) atoms. The van der Waals surface area contributed by atoms with Crippen LogP contribution in [0, 0.1) is 11.7 Å². The first kappa shape index (κ1) is 12.5. The van der Waals surface area contributed by atoms with Crippen molar-refractivity contribution < 1.29 is 19.0 Å². The van der Waals surface area contributed by atoms with E-state index in [4.69, 9.17) is 9.47 Å². The van der Waals surface area contributed by atoms with Gasteiger partial charge in [0.2, 0.25) is 0 Å². The second kappa shape index (κ2) is 5.58. The summed E-state index contributed by atoms with van der Waals surface area (Å²) < 4.78 is 24.3. The summed E-state index contributed by atoms with van der Waals surface area (Å²) in [7, 11) is 1.59. The van der Waals surface area contributed by atoms with Gasteiger partial charge in [0.25, 0.3) is 0 Å². The van der Waals surface area contributed by atoms with E-state index in [2.05, 4.69) is 0 Å². The summed E-state index contributed by atoms with van der Waals surface area (Å²) in [5.74, 6) is -0.439. The number of ether oxygens (including phenoxy) is 2. The van der Waals surface area contributed by atoms with Gasteiger partial charge in [-0.2, -0.15) is 0 Å². The molecule has 1 aliphatic heterocycles. The van der Waals surface area contributed by atoms with Crippen molar-refractivity contribution in [2.24, 2.45) is 5.92 Å². The summed E-state index contributed by atoms with van der Waals surface area (Å²) in [4.78, 5) is 0. The second-order valence-electron chi connectivity index (χ2n) is 4.30. The zero-order valence-corrected chi connectivity index (χ0v) is 9.80. The number of aliphatic hydroxyl groups excluding tert-OH is 1. The van der Waals surface area contributed by atoms with E-state index in [1.165, 1.54) is 6.07 Å². The minimum atomic E-state index is -0.238. The Morgan fingerprint density at radius 2 is 2.24 bits per heavy atom. The molecular weight excluding hydrogens is 223 g/mol. The Kier molecular flexibility index (Phi) is 4.10. The molecule has 0 bridgehead atoms. The van der Waals surface area contributed by atoms with Crippen molar-refractivity contribution >= 4 is 0 Å². The standard InChI is InChI=1S/C13H17FO3/c1-16-8-13-10(6-15)11(7-17-13)9-4-2-3-5-12(9)14/h2-5,10-11,13,15H,6-8H2,1H3. The van der Waals surface area contributed by atoms with E-state index in [1.54, 1.807) is 25.3 Å². The van der Waals surface area contributed by atoms with Crippen LogP contribution in [0.5, 0.6) is 0 Å². The number of hydrogen-bond donors (Lipinski definition) is 1. The molecule has 0 spiro atoms. The number of benzene rings is 1. The highest BCUT2D eigenvalue weighted by Gasteiger charge is 2.38. The lowest BCUT2D eigenvalue weighted by molar-refractivity contribution is 0.00988. The van der Waals surface area contributed by atoms with Gasteiger partial charge in [-0.3, -0.25) is 0 Å². The molecule has 1 aliphatic rings. The fourth-order valence-electron chi connectivity index (χ4n) is 2.41. The predicted octanol–water partition coefficient (Wildman–Crippen LogP) is 1.56. The third kappa shape index (κ3) is 2.49. The van der Waals surface area contributed by atoms with E-state index >= 15 is 0 Å². The normalized spacial score (nSPS) is 28.5. The Labute approximate surface area is 100 Å². The van der Waals surface area contributed by atoms with Crippen LogP contribution in [-0.2, 0) is 9.47 Å². The van der Waals surface area contributed by atoms with Gasteiger partial charge in [0.05, 0.1) is 19.3 Å². The molecule has 0 radical (unpaired) electrons. The van der Waals surface area contributed by atoms with Crippen LogP contribution in [0.1, 0.15) is 11.5 Å². The monoisotopic (exact) mass is 240 g/mol. The van der Waals surface area contributed by atoms with Crippen molar-refractivity contribution in [2.45, 2.75) is 12.0 Å². The summed E-state index contributed by atoms with van der Waals surface area (Å²) >= 11 is 0. The lowest BCUT2D eigenvalue weighted by atomic mass is 9.86. The lowest BCUT2D eigenvalue weighted by Gasteiger charge is -2.20. The van der Waals surface area contributed by atoms with E-state index in [0.717, 1.165) is 0 Å². The zero-order chi connectivity index (χ0) is 12.3. The van der Waals surface area contributed by atoms with Gasteiger partial charge in [-0.15, -0.1) is 0 Å². The smallest absolute Gasteiger partial charge is 0.126 e. The molecular formula is C13H17FO3. The highest BCUT2D eigenvalue weighted by molar-refractivity contribution is 5.24. The Balaban J connectivity index is 2.19. The summed E-state index contributed by atoms with van der Waals surface area (Å²) in [6, 6.07) is 6.65. The third-order valence-corrected chi connectivity index (χ3v) is 3.33. The Morgan fingerprint density at radius 1 is 1.47 bits per heavy atom. The van der Waals surface area contributed by atoms with Crippen molar-refractivity contribution in [3.8, 4) is 0 Å². The SMILES string of the molecule is COCC1OCC(c2ccccc2F)C1CO. The summed E-state index contributed by atoms with van der Waals surface area (Å²) in [5, 5.41) is 9.43. The predicted molar refractivity (Wildman–Crippen MR) is 61.3 cm³/mol. The van der Waals surface area contributed by atoms with E-state index in [0.29, 0.717) is 18.8 Å². The summed E-state index contributed by atoms with van der Waals surface area (Å²) in [5.41, 5.74) is 0.616. The number of methoxy groups -OCH3 is 1. The maximum absolute atomic E-state index is 13.7. The molecule has 0 saturated carbocycles. The molecule has 3 nitrogen and oxygen atoms in total. The highest BCUT2D eigenvalue weighted by Crippen LogP contribution is 2.36. The van der Waals surface area contributed by atoms with Gasteiger partial charge < -0.3 is 14.6 Å². The summed E-state index contributed by atoms with van der Waals surface area (Å²) in [6.45, 7) is 0.837. The first-order chi connectivity index (χ1) is 8.27. The van der Waals surface area contributed by atoms with Crippen molar-refractivity contribution in [3.05, 3.63) is 35.6 Å². The van der Waals surface area contributed by atoms with Gasteiger partial charge >= 0.3 is 0 Å². The van der Waals surface area contributed by atoms with Gasteiger partial charge in [0, 0.05) is 25.6 Å². The topological polar surface area (TPSA) is 38.7 Å². The highest BCUT2D eigenvalue weighted by atomic mass is 19.1. The van der Waals surface area contributed by atoms with Crippen LogP contribution in [0.4, 0.5) is 4.39 Å². The van der Waals surface area contributed by atoms with Crippen LogP contribution in [0.3, 0.4) is 0 Å². The molecule has 4 heteroatoms. The molecule has 1 heterocycles. The first-order valence-electron chi connectivity index (χ1n) is 5.73. The molecule has 0 amide bonds. The van der Waals surface area contributed by atoms with Gasteiger partial charge in [0.1, 0.15) is 5.82 Å². The van der Waals surface area contributed by atoms with Gasteiger partial charge in [0.15, 0.2) is 0 Å². The molecule has 1 fully saturated rings. The molecule has 3 unspecified atom stereocenters. The molecule has 1 aromatic carbocycles. The van der Waals surface area contributed by atoms with Crippen LogP contribution in [0.2, 0.25) is 0 Å². The van der Waals surface area contributed by atoms with Crippen molar-refractivity contribution in [1.82, 2.24) is 0 Å². The van der Waals surface area contributed by atoms with Crippen molar-refractivity contribution in [2.75, 3.05) is 26.9 Å². The van der Waals surface area contributed by atoms with Crippen LogP contribution in [-0.4, -0.2) is 38.1 Å². The molecule has 1 N–H and O–H groups in total. The average Bonchev–Trinajstić information content (AvgIpc) is 2.73. The Bertz CT molecular complexity index is 369. The Hall–Kier alpha value is -0.970. The number of halogens is 1. The van der Waals surface area contributed by atoms with E-state index in [9.17, 15) is 9.50 Å². The molecule has 0 aromatic heterocycles. The minimum Gasteiger partial charge on any atom is -0.396 e. The molecule has 0 aliphatic carbocycles. The first-order valence-corrected chi connectivity index (χ1v) is 5.73. The van der Waals surface area contributed by atoms with E-state index in [1.807, 2.05) is 0 Å². The molecule has 2 rings (SSSR count). The number of hydrogen-bond acceptors (Lipinski definition) is 3. The molecule has 3 atom stereocenters. The van der Waals surface area contributed by atoms with Gasteiger partial charge in [-0.05, 0) is 11.6 Å². The molecule has 1 saturated heterocycles. The van der Waals surface area contributed by atoms with Crippen molar-refractivity contribution in [3.63, 3.8) is 0 Å². The zero-order valence-electron chi connectivity index (χ0n) is 9.80. The Morgan fingerprint density at radius 3 is 2.88 bits per heavy atom. The number of rotatable bonds is 4. The van der Waals surface area contributed by atoms with E-state index in [-0.39, 0.29) is 30.4 Å². The second-order valence-corrected chi connectivity index (χ2v) is 4.30. The van der Waals surface area contributed by atoms with Gasteiger partial charge in [-0.25, -0.2) is 4.39 Å². The van der Waals surface area contributed by atoms with Crippen LogP contribution < -0.4 is 0 Å². The summed E-state index contributed by atoms with van der Waals surface area (Å²) in [6.07, 6.45) is -0.158. The van der Waals surface area contributed by atoms with Gasteiger partial charge in [-0.1, -0.05) is 18.2 Å². The largest absolute Gasteiger partial charge is 0.396 e.